The van der Waals surface area contributed by atoms with Gasteiger partial charge in [0.05, 0.1) is 26.2 Å². The molecule has 0 heterocycles. The molecule has 0 unspecified atom stereocenters. The van der Waals surface area contributed by atoms with Crippen LogP contribution in [0.15, 0.2) is 60.7 Å². The third kappa shape index (κ3) is 5.70. The summed E-state index contributed by atoms with van der Waals surface area (Å²) in [6, 6.07) is 18.6. The van der Waals surface area contributed by atoms with Crippen molar-refractivity contribution in [3.05, 3.63) is 66.2 Å². The summed E-state index contributed by atoms with van der Waals surface area (Å²) in [5, 5.41) is 4.51. The highest BCUT2D eigenvalue weighted by Crippen LogP contribution is 2.29. The minimum Gasteiger partial charge on any atom is -0.493 e. The van der Waals surface area contributed by atoms with Crippen LogP contribution in [0.3, 0.4) is 0 Å². The quantitative estimate of drug-likeness (QED) is 0.473. The lowest BCUT2D eigenvalue weighted by atomic mass is 10.1. The van der Waals surface area contributed by atoms with Gasteiger partial charge in [0, 0.05) is 11.9 Å². The summed E-state index contributed by atoms with van der Waals surface area (Å²) in [7, 11) is -0.469. The Bertz CT molecular complexity index is 1190. The second-order valence-corrected chi connectivity index (χ2v) is 9.32. The van der Waals surface area contributed by atoms with E-state index in [1.807, 2.05) is 48.5 Å². The number of ether oxygens (including phenoxy) is 2. The van der Waals surface area contributed by atoms with Crippen molar-refractivity contribution in [3.8, 4) is 11.5 Å². The number of anilines is 1. The fourth-order valence-corrected chi connectivity index (χ4v) is 4.42. The van der Waals surface area contributed by atoms with E-state index >= 15 is 0 Å². The third-order valence-corrected chi connectivity index (χ3v) is 6.26. The molecule has 7 nitrogen and oxygen atoms in total. The Kier molecular flexibility index (Phi) is 7.58. The van der Waals surface area contributed by atoms with Gasteiger partial charge < -0.3 is 14.8 Å². The summed E-state index contributed by atoms with van der Waals surface area (Å²) < 4.78 is 36.6. The number of hydrogen-bond acceptors (Lipinski definition) is 5. The van der Waals surface area contributed by atoms with Gasteiger partial charge in [-0.3, -0.25) is 9.10 Å². The largest absolute Gasteiger partial charge is 0.493 e. The number of nitrogens with zero attached hydrogens (tertiary/aromatic N) is 1. The number of carbonyl (C=O) groups excluding carboxylic acids is 1. The van der Waals surface area contributed by atoms with Crippen LogP contribution in [0.5, 0.6) is 11.5 Å². The molecule has 0 aliphatic carbocycles. The maximum atomic E-state index is 12.6. The fraction of sp³-hybridized carbons (Fsp3) is 0.292. The average molecular weight is 457 g/mol. The Morgan fingerprint density at radius 1 is 0.969 bits per heavy atom. The first-order valence-corrected chi connectivity index (χ1v) is 12.1. The Balaban J connectivity index is 1.62. The Hall–Kier alpha value is -3.26. The van der Waals surface area contributed by atoms with Crippen LogP contribution in [0.2, 0.25) is 0 Å². The van der Waals surface area contributed by atoms with Crippen molar-refractivity contribution in [1.29, 1.82) is 0 Å². The van der Waals surface area contributed by atoms with Gasteiger partial charge in [-0.2, -0.15) is 0 Å². The number of hydrogen-bond donors (Lipinski definition) is 1. The molecule has 0 aromatic heterocycles. The molecule has 0 radical (unpaired) electrons. The van der Waals surface area contributed by atoms with Crippen LogP contribution in [0.4, 0.5) is 5.69 Å². The van der Waals surface area contributed by atoms with Crippen molar-refractivity contribution in [3.63, 3.8) is 0 Å². The first-order chi connectivity index (χ1) is 15.3. The van der Waals surface area contributed by atoms with Gasteiger partial charge in [-0.25, -0.2) is 8.42 Å². The van der Waals surface area contributed by atoms with E-state index in [0.29, 0.717) is 30.2 Å². The van der Waals surface area contributed by atoms with Crippen LogP contribution < -0.4 is 19.1 Å². The van der Waals surface area contributed by atoms with Crippen molar-refractivity contribution >= 4 is 32.4 Å². The van der Waals surface area contributed by atoms with Crippen LogP contribution in [-0.2, 0) is 21.2 Å². The van der Waals surface area contributed by atoms with Crippen molar-refractivity contribution < 1.29 is 22.7 Å². The normalized spacial score (nSPS) is 11.2. The predicted octanol–water partition coefficient (Wildman–Crippen LogP) is 3.37. The zero-order valence-electron chi connectivity index (χ0n) is 18.5. The molecule has 3 aromatic carbocycles. The molecule has 32 heavy (non-hydrogen) atoms. The van der Waals surface area contributed by atoms with E-state index in [1.54, 1.807) is 26.4 Å². The molecule has 3 rings (SSSR count). The van der Waals surface area contributed by atoms with Crippen LogP contribution in [0.1, 0.15) is 12.0 Å². The molecule has 0 atom stereocenters. The number of nitrogens with one attached hydrogen (secondary N) is 1. The standard InChI is InChI=1S/C24H28N2O5S/c1-30-22-14-13-18(16-23(22)31-2)8-7-15-25-24(27)17-26(32(3,28)29)21-12-6-10-19-9-4-5-11-20(19)21/h4-6,9-14,16H,7-8,15,17H2,1-3H3,(H,25,27). The second-order valence-electron chi connectivity index (χ2n) is 7.41. The molecule has 170 valence electrons. The van der Waals surface area contributed by atoms with E-state index in [0.717, 1.165) is 33.3 Å². The number of carbonyl (C=O) groups is 1. The second kappa shape index (κ2) is 10.4. The van der Waals surface area contributed by atoms with Crippen LogP contribution in [-0.4, -0.2) is 47.9 Å². The van der Waals surface area contributed by atoms with Crippen LogP contribution >= 0.6 is 0 Å². The monoisotopic (exact) mass is 456 g/mol. The third-order valence-electron chi connectivity index (χ3n) is 5.14. The smallest absolute Gasteiger partial charge is 0.240 e. The summed E-state index contributed by atoms with van der Waals surface area (Å²) >= 11 is 0. The lowest BCUT2D eigenvalue weighted by Gasteiger charge is -2.23. The number of fused-ring (bicyclic) bond motifs is 1. The van der Waals surface area contributed by atoms with Gasteiger partial charge in [-0.1, -0.05) is 42.5 Å². The maximum Gasteiger partial charge on any atom is 0.240 e. The molecule has 0 saturated heterocycles. The van der Waals surface area contributed by atoms with Crippen molar-refractivity contribution in [1.82, 2.24) is 5.32 Å². The molecule has 1 N–H and O–H groups in total. The van der Waals surface area contributed by atoms with Gasteiger partial charge in [0.2, 0.25) is 15.9 Å². The number of sulfonamides is 1. The molecule has 8 heteroatoms. The summed E-state index contributed by atoms with van der Waals surface area (Å²) in [5.41, 5.74) is 1.55. The fourth-order valence-electron chi connectivity index (χ4n) is 3.55. The number of rotatable bonds is 10. The molecule has 0 bridgehead atoms. The van der Waals surface area contributed by atoms with Crippen LogP contribution in [0.25, 0.3) is 10.8 Å². The maximum absolute atomic E-state index is 12.6. The van der Waals surface area contributed by atoms with Gasteiger partial charge in [0.25, 0.3) is 0 Å². The van der Waals surface area contributed by atoms with E-state index in [4.69, 9.17) is 9.47 Å². The van der Waals surface area contributed by atoms with E-state index in [9.17, 15) is 13.2 Å². The first-order valence-electron chi connectivity index (χ1n) is 10.3. The SMILES string of the molecule is COc1ccc(CCCNC(=O)CN(c2cccc3ccccc23)S(C)(=O)=O)cc1OC. The van der Waals surface area contributed by atoms with Gasteiger partial charge >= 0.3 is 0 Å². The van der Waals surface area contributed by atoms with Crippen molar-refractivity contribution in [2.45, 2.75) is 12.8 Å². The highest BCUT2D eigenvalue weighted by Gasteiger charge is 2.22. The van der Waals surface area contributed by atoms with Crippen molar-refractivity contribution in [2.24, 2.45) is 0 Å². The predicted molar refractivity (Wildman–Crippen MR) is 127 cm³/mol. The van der Waals surface area contributed by atoms with Gasteiger partial charge in [0.15, 0.2) is 11.5 Å². The molecule has 3 aromatic rings. The van der Waals surface area contributed by atoms with Gasteiger partial charge in [0.1, 0.15) is 6.54 Å². The summed E-state index contributed by atoms with van der Waals surface area (Å²) in [5.74, 6) is 0.974. The van der Waals surface area contributed by atoms with E-state index in [1.165, 1.54) is 0 Å². The highest BCUT2D eigenvalue weighted by molar-refractivity contribution is 7.92. The molecule has 0 fully saturated rings. The first kappa shape index (κ1) is 23.4. The minimum absolute atomic E-state index is 0.275. The lowest BCUT2D eigenvalue weighted by molar-refractivity contribution is -0.119. The summed E-state index contributed by atoms with van der Waals surface area (Å²) in [6.07, 6.45) is 2.55. The number of amides is 1. The molecule has 0 aliphatic rings. The Morgan fingerprint density at radius 2 is 1.69 bits per heavy atom. The average Bonchev–Trinajstić information content (AvgIpc) is 2.79. The molecule has 0 spiro atoms. The molecule has 0 saturated carbocycles. The van der Waals surface area contributed by atoms with Gasteiger partial charge in [-0.05, 0) is 42.0 Å². The van der Waals surface area contributed by atoms with E-state index in [-0.39, 0.29) is 12.5 Å². The Morgan fingerprint density at radius 3 is 2.41 bits per heavy atom. The molecular weight excluding hydrogens is 428 g/mol. The number of methoxy groups -OCH3 is 2. The topological polar surface area (TPSA) is 84.9 Å². The van der Waals surface area contributed by atoms with Crippen LogP contribution in [0, 0.1) is 0 Å². The molecule has 1 amide bonds. The number of aryl methyl sites for hydroxylation is 1. The van der Waals surface area contributed by atoms with Crippen molar-refractivity contribution in [2.75, 3.05) is 37.9 Å². The molecular formula is C24H28N2O5S. The van der Waals surface area contributed by atoms with E-state index in [2.05, 4.69) is 5.32 Å². The highest BCUT2D eigenvalue weighted by atomic mass is 32.2. The van der Waals surface area contributed by atoms with E-state index < -0.39 is 10.0 Å². The zero-order chi connectivity index (χ0) is 23.1. The summed E-state index contributed by atoms with van der Waals surface area (Å²) in [4.78, 5) is 12.6. The zero-order valence-corrected chi connectivity index (χ0v) is 19.3. The van der Waals surface area contributed by atoms with Gasteiger partial charge in [-0.15, -0.1) is 0 Å². The Labute approximate surface area is 189 Å². The summed E-state index contributed by atoms with van der Waals surface area (Å²) in [6.45, 7) is 0.156. The molecule has 0 aliphatic heterocycles. The lowest BCUT2D eigenvalue weighted by Crippen LogP contribution is -2.40. The minimum atomic E-state index is -3.65. The number of benzene rings is 3.